The van der Waals surface area contributed by atoms with Crippen molar-refractivity contribution >= 4 is 0 Å². The number of alkyl halides is 3. The minimum Gasteiger partial charge on any atom is -0.299 e. The van der Waals surface area contributed by atoms with Crippen LogP contribution in [0.25, 0.3) is 5.69 Å². The lowest BCUT2D eigenvalue weighted by Gasteiger charge is -2.12. The molecule has 0 amide bonds. The van der Waals surface area contributed by atoms with Crippen molar-refractivity contribution in [2.24, 2.45) is 13.0 Å². The molecular weight excluding hydrogens is 281 g/mol. The van der Waals surface area contributed by atoms with E-state index in [0.29, 0.717) is 18.0 Å². The van der Waals surface area contributed by atoms with Gasteiger partial charge in [-0.2, -0.15) is 13.2 Å². The Morgan fingerprint density at radius 1 is 1.19 bits per heavy atom. The van der Waals surface area contributed by atoms with Gasteiger partial charge in [-0.25, -0.2) is 4.79 Å². The fraction of sp³-hybridized carbons (Fsp3) is 0.400. The second-order valence-electron chi connectivity index (χ2n) is 5.44. The molecule has 0 atom stereocenters. The zero-order valence-electron chi connectivity index (χ0n) is 12.1. The number of hydrogen-bond donors (Lipinski definition) is 0. The molecule has 0 radical (unpaired) electrons. The Hall–Kier alpha value is -1.98. The van der Waals surface area contributed by atoms with Crippen LogP contribution >= 0.6 is 0 Å². The highest BCUT2D eigenvalue weighted by Crippen LogP contribution is 2.33. The Kier molecular flexibility index (Phi) is 3.98. The molecule has 0 aliphatic rings. The lowest BCUT2D eigenvalue weighted by atomic mass is 10.1. The van der Waals surface area contributed by atoms with Crippen LogP contribution in [0, 0.1) is 5.92 Å². The number of aromatic nitrogens is 2. The van der Waals surface area contributed by atoms with Gasteiger partial charge in [0.1, 0.15) is 0 Å². The summed E-state index contributed by atoms with van der Waals surface area (Å²) in [6.07, 6.45) is -2.37. The molecule has 0 unspecified atom stereocenters. The maximum Gasteiger partial charge on any atom is 0.418 e. The zero-order chi connectivity index (χ0) is 15.8. The van der Waals surface area contributed by atoms with Crippen LogP contribution in [0.3, 0.4) is 0 Å². The first-order valence-electron chi connectivity index (χ1n) is 6.65. The van der Waals surface area contributed by atoms with E-state index in [2.05, 4.69) is 0 Å². The van der Waals surface area contributed by atoms with E-state index in [1.165, 1.54) is 29.0 Å². The van der Waals surface area contributed by atoms with Gasteiger partial charge in [0, 0.05) is 18.9 Å². The normalized spacial score (nSPS) is 12.1. The van der Waals surface area contributed by atoms with Crippen molar-refractivity contribution in [3.8, 4) is 5.69 Å². The first kappa shape index (κ1) is 15.4. The molecule has 0 bridgehead atoms. The highest BCUT2D eigenvalue weighted by Gasteiger charge is 2.34. The number of halogens is 3. The smallest absolute Gasteiger partial charge is 0.299 e. The average molecular weight is 298 g/mol. The lowest BCUT2D eigenvalue weighted by molar-refractivity contribution is -0.137. The zero-order valence-corrected chi connectivity index (χ0v) is 12.1. The van der Waals surface area contributed by atoms with Crippen LogP contribution in [-0.2, 0) is 19.6 Å². The number of rotatable bonds is 3. The Morgan fingerprint density at radius 3 is 2.38 bits per heavy atom. The second-order valence-corrected chi connectivity index (χ2v) is 5.44. The van der Waals surface area contributed by atoms with E-state index in [4.69, 9.17) is 0 Å². The number of imidazole rings is 1. The van der Waals surface area contributed by atoms with Gasteiger partial charge in [-0.15, -0.1) is 0 Å². The molecule has 0 saturated heterocycles. The Bertz CT molecular complexity index is 696. The van der Waals surface area contributed by atoms with Crippen LogP contribution in [0.15, 0.2) is 35.3 Å². The van der Waals surface area contributed by atoms with Gasteiger partial charge in [0.2, 0.25) is 0 Å². The van der Waals surface area contributed by atoms with Crippen LogP contribution in [0.5, 0.6) is 0 Å². The third kappa shape index (κ3) is 3.04. The van der Waals surface area contributed by atoms with Gasteiger partial charge < -0.3 is 0 Å². The van der Waals surface area contributed by atoms with Gasteiger partial charge in [0.05, 0.1) is 11.3 Å². The molecule has 1 heterocycles. The number of para-hydroxylation sites is 1. The van der Waals surface area contributed by atoms with E-state index in [9.17, 15) is 18.0 Å². The molecule has 21 heavy (non-hydrogen) atoms. The summed E-state index contributed by atoms with van der Waals surface area (Å²) in [6.45, 7) is 3.98. The molecule has 0 saturated carbocycles. The second kappa shape index (κ2) is 5.42. The van der Waals surface area contributed by atoms with Crippen molar-refractivity contribution in [2.75, 3.05) is 0 Å². The Balaban J connectivity index is 2.61. The predicted molar refractivity (Wildman–Crippen MR) is 74.6 cm³/mol. The fourth-order valence-corrected chi connectivity index (χ4v) is 2.28. The summed E-state index contributed by atoms with van der Waals surface area (Å²) < 4.78 is 41.6. The summed E-state index contributed by atoms with van der Waals surface area (Å²) in [5.74, 6) is 0.310. The summed E-state index contributed by atoms with van der Waals surface area (Å²) in [7, 11) is 1.58. The van der Waals surface area contributed by atoms with Crippen LogP contribution in [0.1, 0.15) is 25.1 Å². The molecule has 0 spiro atoms. The van der Waals surface area contributed by atoms with Crippen molar-refractivity contribution in [1.29, 1.82) is 0 Å². The Labute approximate surface area is 120 Å². The number of nitrogens with zero attached hydrogens (tertiary/aromatic N) is 2. The van der Waals surface area contributed by atoms with Gasteiger partial charge in [-0.3, -0.25) is 9.13 Å². The summed E-state index contributed by atoms with van der Waals surface area (Å²) in [5, 5.41) is 0. The topological polar surface area (TPSA) is 26.9 Å². The van der Waals surface area contributed by atoms with Crippen molar-refractivity contribution in [3.63, 3.8) is 0 Å². The third-order valence-electron chi connectivity index (χ3n) is 3.29. The fourth-order valence-electron chi connectivity index (χ4n) is 2.28. The van der Waals surface area contributed by atoms with Gasteiger partial charge in [-0.05, 0) is 24.5 Å². The monoisotopic (exact) mass is 298 g/mol. The van der Waals surface area contributed by atoms with E-state index in [0.717, 1.165) is 10.6 Å². The van der Waals surface area contributed by atoms with Crippen molar-refractivity contribution in [1.82, 2.24) is 9.13 Å². The van der Waals surface area contributed by atoms with Crippen LogP contribution in [-0.4, -0.2) is 9.13 Å². The highest BCUT2D eigenvalue weighted by atomic mass is 19.4. The molecule has 1 aromatic carbocycles. The number of benzene rings is 1. The summed E-state index contributed by atoms with van der Waals surface area (Å²) >= 11 is 0. The molecule has 0 N–H and O–H groups in total. The quantitative estimate of drug-likeness (QED) is 0.853. The molecule has 0 aliphatic carbocycles. The summed E-state index contributed by atoms with van der Waals surface area (Å²) in [6, 6.07) is 5.10. The van der Waals surface area contributed by atoms with E-state index < -0.39 is 17.4 Å². The van der Waals surface area contributed by atoms with Gasteiger partial charge >= 0.3 is 11.9 Å². The standard InChI is InChI=1S/C15H17F3N2O/c1-10(2)8-11-9-20(14(21)19(11)3)13-7-5-4-6-12(13)15(16,17)18/h4-7,9-10H,8H2,1-3H3. The summed E-state index contributed by atoms with van der Waals surface area (Å²) in [5.41, 5.74) is -0.705. The van der Waals surface area contributed by atoms with Crippen LogP contribution < -0.4 is 5.69 Å². The largest absolute Gasteiger partial charge is 0.418 e. The molecule has 114 valence electrons. The molecule has 0 fully saturated rings. The molecular formula is C15H17F3N2O. The van der Waals surface area contributed by atoms with Crippen LogP contribution in [0.4, 0.5) is 13.2 Å². The summed E-state index contributed by atoms with van der Waals surface area (Å²) in [4.78, 5) is 12.2. The molecule has 6 heteroatoms. The van der Waals surface area contributed by atoms with E-state index >= 15 is 0 Å². The SMILES string of the molecule is CC(C)Cc1cn(-c2ccccc2C(F)(F)F)c(=O)n1C. The maximum absolute atomic E-state index is 13.1. The first-order chi connectivity index (χ1) is 9.71. The predicted octanol–water partition coefficient (Wildman–Crippen LogP) is 3.39. The van der Waals surface area contributed by atoms with Crippen LogP contribution in [0.2, 0.25) is 0 Å². The molecule has 1 aromatic heterocycles. The Morgan fingerprint density at radius 2 is 1.81 bits per heavy atom. The maximum atomic E-state index is 13.1. The lowest BCUT2D eigenvalue weighted by Crippen LogP contribution is -2.23. The van der Waals surface area contributed by atoms with E-state index in [1.54, 1.807) is 7.05 Å². The van der Waals surface area contributed by atoms with Gasteiger partial charge in [0.25, 0.3) is 0 Å². The van der Waals surface area contributed by atoms with Crippen molar-refractivity contribution in [3.05, 3.63) is 52.2 Å². The molecule has 3 nitrogen and oxygen atoms in total. The molecule has 0 aliphatic heterocycles. The highest BCUT2D eigenvalue weighted by molar-refractivity contribution is 5.43. The minimum absolute atomic E-state index is 0.138. The van der Waals surface area contributed by atoms with Crippen molar-refractivity contribution in [2.45, 2.75) is 26.4 Å². The van der Waals surface area contributed by atoms with Gasteiger partial charge in [0.15, 0.2) is 0 Å². The molecule has 2 aromatic rings. The van der Waals surface area contributed by atoms with E-state index in [1.807, 2.05) is 13.8 Å². The molecule has 2 rings (SSSR count). The minimum atomic E-state index is -4.50. The average Bonchev–Trinajstić information content (AvgIpc) is 2.65. The van der Waals surface area contributed by atoms with Gasteiger partial charge in [-0.1, -0.05) is 26.0 Å². The third-order valence-corrected chi connectivity index (χ3v) is 3.29. The first-order valence-corrected chi connectivity index (χ1v) is 6.65. The number of hydrogen-bond acceptors (Lipinski definition) is 1. The van der Waals surface area contributed by atoms with Crippen molar-refractivity contribution < 1.29 is 13.2 Å². The van der Waals surface area contributed by atoms with E-state index in [-0.39, 0.29) is 5.69 Å².